The van der Waals surface area contributed by atoms with E-state index in [2.05, 4.69) is 19.1 Å². The van der Waals surface area contributed by atoms with Crippen molar-refractivity contribution in [1.29, 1.82) is 0 Å². The van der Waals surface area contributed by atoms with E-state index in [1.807, 2.05) is 48.5 Å². The number of carbonyl (C=O) groups excluding carboxylic acids is 1. The zero-order chi connectivity index (χ0) is 14.2. The van der Waals surface area contributed by atoms with E-state index in [-0.39, 0.29) is 11.7 Å². The van der Waals surface area contributed by atoms with Crippen molar-refractivity contribution < 1.29 is 4.79 Å². The molecule has 2 aromatic rings. The van der Waals surface area contributed by atoms with Crippen LogP contribution in [0.3, 0.4) is 0 Å². The number of carbonyl (C=O) groups is 1. The summed E-state index contributed by atoms with van der Waals surface area (Å²) in [5.41, 5.74) is 2.09. The van der Waals surface area contributed by atoms with Gasteiger partial charge >= 0.3 is 0 Å². The maximum absolute atomic E-state index is 12.7. The molecule has 0 saturated heterocycles. The quantitative estimate of drug-likeness (QED) is 0.650. The summed E-state index contributed by atoms with van der Waals surface area (Å²) < 4.78 is 0. The Morgan fingerprint density at radius 2 is 1.55 bits per heavy atom. The van der Waals surface area contributed by atoms with Crippen LogP contribution in [0.25, 0.3) is 0 Å². The average molecular weight is 266 g/mol. The van der Waals surface area contributed by atoms with Crippen molar-refractivity contribution in [1.82, 2.24) is 0 Å². The lowest BCUT2D eigenvalue weighted by molar-refractivity contribution is 0.0911. The molecule has 2 aromatic carbocycles. The Labute approximate surface area is 121 Å². The first-order valence-corrected chi connectivity index (χ1v) is 7.44. The minimum Gasteiger partial charge on any atom is -0.294 e. The molecule has 0 amide bonds. The molecular formula is C19H22O. The molecule has 2 rings (SSSR count). The third kappa shape index (κ3) is 4.06. The van der Waals surface area contributed by atoms with Gasteiger partial charge in [0.2, 0.25) is 0 Å². The van der Waals surface area contributed by atoms with Crippen LogP contribution in [0.4, 0.5) is 0 Å². The lowest BCUT2D eigenvalue weighted by atomic mass is 9.87. The molecule has 1 heteroatoms. The van der Waals surface area contributed by atoms with E-state index in [9.17, 15) is 4.79 Å². The van der Waals surface area contributed by atoms with Gasteiger partial charge in [-0.15, -0.1) is 0 Å². The fourth-order valence-corrected chi connectivity index (χ4v) is 2.51. The standard InChI is InChI=1S/C19H22O/c1-2-3-12-18(15-16-10-6-4-7-11-16)19(20)17-13-8-5-9-14-17/h4-11,13-14,18H,2-3,12,15H2,1H3/t18-/m1/s1. The second-order valence-corrected chi connectivity index (χ2v) is 5.26. The van der Waals surface area contributed by atoms with Crippen LogP contribution in [0.5, 0.6) is 0 Å². The first kappa shape index (κ1) is 14.5. The van der Waals surface area contributed by atoms with E-state index >= 15 is 0 Å². The molecule has 0 aliphatic rings. The maximum atomic E-state index is 12.7. The van der Waals surface area contributed by atoms with Crippen LogP contribution >= 0.6 is 0 Å². The largest absolute Gasteiger partial charge is 0.294 e. The predicted molar refractivity (Wildman–Crippen MR) is 83.9 cm³/mol. The minimum absolute atomic E-state index is 0.0970. The molecule has 1 atom stereocenters. The molecule has 1 nitrogen and oxygen atoms in total. The summed E-state index contributed by atoms with van der Waals surface area (Å²) in [4.78, 5) is 12.7. The van der Waals surface area contributed by atoms with Crippen LogP contribution in [0, 0.1) is 5.92 Å². The second kappa shape index (κ2) is 7.64. The highest BCUT2D eigenvalue weighted by atomic mass is 16.1. The SMILES string of the molecule is CCCC[C@H](Cc1ccccc1)C(=O)c1ccccc1. The molecular weight excluding hydrogens is 244 g/mol. The molecule has 0 aliphatic heterocycles. The van der Waals surface area contributed by atoms with Gasteiger partial charge in [-0.25, -0.2) is 0 Å². The molecule has 0 aromatic heterocycles. The number of unbranched alkanes of at least 4 members (excludes halogenated alkanes) is 1. The number of hydrogen-bond donors (Lipinski definition) is 0. The molecule has 0 saturated carbocycles. The Hall–Kier alpha value is -1.89. The third-order valence-corrected chi connectivity index (χ3v) is 3.66. The summed E-state index contributed by atoms with van der Waals surface area (Å²) in [5, 5.41) is 0. The van der Waals surface area contributed by atoms with Gasteiger partial charge in [0, 0.05) is 11.5 Å². The van der Waals surface area contributed by atoms with Crippen molar-refractivity contribution in [2.75, 3.05) is 0 Å². The molecule has 0 radical (unpaired) electrons. The Balaban J connectivity index is 2.13. The lowest BCUT2D eigenvalue weighted by Gasteiger charge is -2.16. The predicted octanol–water partition coefficient (Wildman–Crippen LogP) is 4.92. The van der Waals surface area contributed by atoms with Gasteiger partial charge in [0.15, 0.2) is 5.78 Å². The fraction of sp³-hybridized carbons (Fsp3) is 0.316. The van der Waals surface area contributed by atoms with E-state index in [4.69, 9.17) is 0 Å². The summed E-state index contributed by atoms with van der Waals surface area (Å²) in [6, 6.07) is 20.0. The van der Waals surface area contributed by atoms with E-state index in [1.54, 1.807) is 0 Å². The molecule has 0 spiro atoms. The fourth-order valence-electron chi connectivity index (χ4n) is 2.51. The van der Waals surface area contributed by atoms with E-state index in [0.29, 0.717) is 0 Å². The topological polar surface area (TPSA) is 17.1 Å². The molecule has 0 unspecified atom stereocenters. The number of rotatable bonds is 7. The van der Waals surface area contributed by atoms with E-state index in [1.165, 1.54) is 5.56 Å². The highest BCUT2D eigenvalue weighted by Crippen LogP contribution is 2.20. The van der Waals surface area contributed by atoms with Crippen LogP contribution in [0.2, 0.25) is 0 Å². The first-order valence-electron chi connectivity index (χ1n) is 7.44. The zero-order valence-electron chi connectivity index (χ0n) is 12.1. The van der Waals surface area contributed by atoms with Gasteiger partial charge < -0.3 is 0 Å². The average Bonchev–Trinajstić information content (AvgIpc) is 2.52. The first-order chi connectivity index (χ1) is 9.81. The third-order valence-electron chi connectivity index (χ3n) is 3.66. The van der Waals surface area contributed by atoms with Crippen LogP contribution in [-0.4, -0.2) is 5.78 Å². The lowest BCUT2D eigenvalue weighted by Crippen LogP contribution is -2.17. The van der Waals surface area contributed by atoms with Gasteiger partial charge in [-0.2, -0.15) is 0 Å². The van der Waals surface area contributed by atoms with Crippen molar-refractivity contribution in [3.63, 3.8) is 0 Å². The normalized spacial score (nSPS) is 12.1. The number of Topliss-reactive ketones (excluding diaryl/α,β-unsaturated/α-hetero) is 1. The molecule has 0 aliphatic carbocycles. The molecule has 0 bridgehead atoms. The maximum Gasteiger partial charge on any atom is 0.166 e. The van der Waals surface area contributed by atoms with Gasteiger partial charge in [-0.05, 0) is 18.4 Å². The number of ketones is 1. The summed E-state index contributed by atoms with van der Waals surface area (Å²) in [6.07, 6.45) is 4.05. The van der Waals surface area contributed by atoms with Gasteiger partial charge in [0.1, 0.15) is 0 Å². The number of hydrogen-bond acceptors (Lipinski definition) is 1. The summed E-state index contributed by atoms with van der Waals surface area (Å²) in [5.74, 6) is 0.377. The molecule has 0 heterocycles. The number of benzene rings is 2. The minimum atomic E-state index is 0.0970. The van der Waals surface area contributed by atoms with Crippen molar-refractivity contribution in [2.45, 2.75) is 32.6 Å². The Kier molecular flexibility index (Phi) is 5.55. The van der Waals surface area contributed by atoms with Gasteiger partial charge in [0.25, 0.3) is 0 Å². The summed E-state index contributed by atoms with van der Waals surface area (Å²) in [7, 11) is 0. The van der Waals surface area contributed by atoms with Crippen molar-refractivity contribution >= 4 is 5.78 Å². The van der Waals surface area contributed by atoms with E-state index < -0.39 is 0 Å². The van der Waals surface area contributed by atoms with Gasteiger partial charge in [-0.1, -0.05) is 80.4 Å². The molecule has 104 valence electrons. The van der Waals surface area contributed by atoms with Gasteiger partial charge in [0.05, 0.1) is 0 Å². The van der Waals surface area contributed by atoms with Crippen molar-refractivity contribution in [3.8, 4) is 0 Å². The van der Waals surface area contributed by atoms with Crippen LogP contribution < -0.4 is 0 Å². The summed E-state index contributed by atoms with van der Waals surface area (Å²) in [6.45, 7) is 2.17. The van der Waals surface area contributed by atoms with E-state index in [0.717, 1.165) is 31.2 Å². The highest BCUT2D eigenvalue weighted by Gasteiger charge is 2.19. The zero-order valence-corrected chi connectivity index (χ0v) is 12.1. The smallest absolute Gasteiger partial charge is 0.166 e. The Morgan fingerprint density at radius 1 is 0.950 bits per heavy atom. The highest BCUT2D eigenvalue weighted by molar-refractivity contribution is 5.97. The molecule has 0 N–H and O–H groups in total. The van der Waals surface area contributed by atoms with Gasteiger partial charge in [-0.3, -0.25) is 4.79 Å². The Bertz CT molecular complexity index is 516. The summed E-state index contributed by atoms with van der Waals surface area (Å²) >= 11 is 0. The van der Waals surface area contributed by atoms with Crippen molar-refractivity contribution in [2.24, 2.45) is 5.92 Å². The van der Waals surface area contributed by atoms with Crippen LogP contribution in [0.15, 0.2) is 60.7 Å². The monoisotopic (exact) mass is 266 g/mol. The second-order valence-electron chi connectivity index (χ2n) is 5.26. The Morgan fingerprint density at radius 3 is 2.15 bits per heavy atom. The van der Waals surface area contributed by atoms with Crippen molar-refractivity contribution in [3.05, 3.63) is 71.8 Å². The molecule has 0 fully saturated rings. The van der Waals surface area contributed by atoms with Crippen LogP contribution in [0.1, 0.15) is 42.1 Å². The van der Waals surface area contributed by atoms with Crippen LogP contribution in [-0.2, 0) is 6.42 Å². The molecule has 20 heavy (non-hydrogen) atoms.